The van der Waals surface area contributed by atoms with Crippen molar-refractivity contribution >= 4 is 17.5 Å². The lowest BCUT2D eigenvalue weighted by atomic mass is 10.2. The standard InChI is InChI=1S/C13H16N4O4/c1-4-21-13(18)8-16(9(2)3)12-6-5-11(17(19)20)10(7-14)15-12/h5-6,9H,4,8H2,1-3H3. The summed E-state index contributed by atoms with van der Waals surface area (Å²) in [6.45, 7) is 5.61. The van der Waals surface area contributed by atoms with Crippen molar-refractivity contribution in [3.63, 3.8) is 0 Å². The van der Waals surface area contributed by atoms with Crippen molar-refractivity contribution in [1.82, 2.24) is 4.98 Å². The summed E-state index contributed by atoms with van der Waals surface area (Å²) in [5.41, 5.74) is -0.645. The van der Waals surface area contributed by atoms with Crippen molar-refractivity contribution < 1.29 is 14.5 Å². The number of pyridine rings is 1. The first kappa shape index (κ1) is 16.4. The predicted octanol–water partition coefficient (Wildman–Crippen LogP) is 1.64. The zero-order valence-electron chi connectivity index (χ0n) is 12.1. The summed E-state index contributed by atoms with van der Waals surface area (Å²) >= 11 is 0. The van der Waals surface area contributed by atoms with E-state index in [-0.39, 0.29) is 30.6 Å². The summed E-state index contributed by atoms with van der Waals surface area (Å²) in [6.07, 6.45) is 0. The number of hydrogen-bond donors (Lipinski definition) is 0. The number of carbonyl (C=O) groups excluding carboxylic acids is 1. The highest BCUT2D eigenvalue weighted by Gasteiger charge is 2.21. The Hall–Kier alpha value is -2.69. The Morgan fingerprint density at radius 1 is 1.57 bits per heavy atom. The Labute approximate surface area is 122 Å². The van der Waals surface area contributed by atoms with Gasteiger partial charge in [0, 0.05) is 12.1 Å². The average Bonchev–Trinajstić information content (AvgIpc) is 2.43. The normalized spacial score (nSPS) is 10.0. The van der Waals surface area contributed by atoms with Crippen LogP contribution in [0.15, 0.2) is 12.1 Å². The van der Waals surface area contributed by atoms with Crippen LogP contribution in [0.5, 0.6) is 0 Å². The molecule has 0 N–H and O–H groups in total. The van der Waals surface area contributed by atoms with Gasteiger partial charge in [0.2, 0.25) is 5.69 Å². The lowest BCUT2D eigenvalue weighted by Crippen LogP contribution is -2.37. The molecular weight excluding hydrogens is 276 g/mol. The molecule has 0 fully saturated rings. The monoisotopic (exact) mass is 292 g/mol. The molecule has 0 aliphatic rings. The highest BCUT2D eigenvalue weighted by atomic mass is 16.6. The van der Waals surface area contributed by atoms with Gasteiger partial charge < -0.3 is 9.64 Å². The van der Waals surface area contributed by atoms with Crippen molar-refractivity contribution in [3.05, 3.63) is 27.9 Å². The molecule has 8 nitrogen and oxygen atoms in total. The van der Waals surface area contributed by atoms with E-state index in [1.165, 1.54) is 12.1 Å². The number of anilines is 1. The van der Waals surface area contributed by atoms with Gasteiger partial charge in [-0.15, -0.1) is 0 Å². The van der Waals surface area contributed by atoms with Crippen LogP contribution < -0.4 is 4.90 Å². The van der Waals surface area contributed by atoms with Crippen molar-refractivity contribution in [1.29, 1.82) is 5.26 Å². The molecule has 0 atom stereocenters. The van der Waals surface area contributed by atoms with Crippen LogP contribution in [0.2, 0.25) is 0 Å². The summed E-state index contributed by atoms with van der Waals surface area (Å²) in [7, 11) is 0. The summed E-state index contributed by atoms with van der Waals surface area (Å²) in [4.78, 5) is 27.3. The molecule has 0 bridgehead atoms. The van der Waals surface area contributed by atoms with E-state index in [9.17, 15) is 14.9 Å². The fourth-order valence-electron chi connectivity index (χ4n) is 1.70. The van der Waals surface area contributed by atoms with Gasteiger partial charge in [0.15, 0.2) is 0 Å². The molecule has 1 rings (SSSR count). The highest BCUT2D eigenvalue weighted by molar-refractivity contribution is 5.75. The molecule has 0 spiro atoms. The maximum atomic E-state index is 11.6. The van der Waals surface area contributed by atoms with E-state index in [0.29, 0.717) is 5.82 Å². The number of aromatic nitrogens is 1. The van der Waals surface area contributed by atoms with Crippen LogP contribution in [0.3, 0.4) is 0 Å². The van der Waals surface area contributed by atoms with Gasteiger partial charge in [0.05, 0.1) is 11.5 Å². The van der Waals surface area contributed by atoms with E-state index in [1.54, 1.807) is 17.9 Å². The van der Waals surface area contributed by atoms with E-state index in [1.807, 2.05) is 13.8 Å². The Bertz CT molecular complexity index is 580. The second-order valence-corrected chi connectivity index (χ2v) is 4.43. The van der Waals surface area contributed by atoms with E-state index < -0.39 is 10.9 Å². The van der Waals surface area contributed by atoms with Gasteiger partial charge >= 0.3 is 11.7 Å². The number of nitro groups is 1. The molecule has 0 unspecified atom stereocenters. The largest absolute Gasteiger partial charge is 0.465 e. The molecule has 1 heterocycles. The van der Waals surface area contributed by atoms with Crippen LogP contribution in [-0.2, 0) is 9.53 Å². The first-order valence-electron chi connectivity index (χ1n) is 6.38. The molecule has 0 radical (unpaired) electrons. The van der Waals surface area contributed by atoms with E-state index >= 15 is 0 Å². The Kier molecular flexibility index (Phi) is 5.60. The SMILES string of the molecule is CCOC(=O)CN(c1ccc([N+](=O)[O-])c(C#N)n1)C(C)C. The smallest absolute Gasteiger partial charge is 0.325 e. The van der Waals surface area contributed by atoms with Gasteiger partial charge in [-0.25, -0.2) is 4.98 Å². The number of rotatable bonds is 6. The molecule has 0 aliphatic carbocycles. The minimum Gasteiger partial charge on any atom is -0.465 e. The van der Waals surface area contributed by atoms with E-state index in [4.69, 9.17) is 10.00 Å². The van der Waals surface area contributed by atoms with Gasteiger partial charge in [-0.3, -0.25) is 14.9 Å². The molecule has 0 saturated heterocycles. The molecule has 1 aromatic heterocycles. The fraction of sp³-hybridized carbons (Fsp3) is 0.462. The van der Waals surface area contributed by atoms with Crippen LogP contribution in [0.1, 0.15) is 26.5 Å². The average molecular weight is 292 g/mol. The lowest BCUT2D eigenvalue weighted by molar-refractivity contribution is -0.385. The molecule has 0 amide bonds. The fourth-order valence-corrected chi connectivity index (χ4v) is 1.70. The summed E-state index contributed by atoms with van der Waals surface area (Å²) in [6, 6.07) is 4.23. The van der Waals surface area contributed by atoms with Crippen LogP contribution in [0, 0.1) is 21.4 Å². The Morgan fingerprint density at radius 3 is 2.71 bits per heavy atom. The first-order chi connectivity index (χ1) is 9.90. The maximum absolute atomic E-state index is 11.6. The predicted molar refractivity (Wildman–Crippen MR) is 74.7 cm³/mol. The topological polar surface area (TPSA) is 109 Å². The molecule has 0 aromatic carbocycles. The summed E-state index contributed by atoms with van der Waals surface area (Å²) in [5.74, 6) is -0.106. The Balaban J connectivity index is 3.12. The third-order valence-corrected chi connectivity index (χ3v) is 2.68. The first-order valence-corrected chi connectivity index (χ1v) is 6.38. The number of ether oxygens (including phenoxy) is 1. The van der Waals surface area contributed by atoms with Gasteiger partial charge in [-0.2, -0.15) is 5.26 Å². The van der Waals surface area contributed by atoms with Gasteiger partial charge in [0.25, 0.3) is 0 Å². The zero-order valence-corrected chi connectivity index (χ0v) is 12.1. The Morgan fingerprint density at radius 2 is 2.24 bits per heavy atom. The molecule has 0 aliphatic heterocycles. The highest BCUT2D eigenvalue weighted by Crippen LogP contribution is 2.22. The van der Waals surface area contributed by atoms with Crippen LogP contribution in [0.25, 0.3) is 0 Å². The van der Waals surface area contributed by atoms with Gasteiger partial charge in [0.1, 0.15) is 18.4 Å². The van der Waals surface area contributed by atoms with Gasteiger partial charge in [-0.1, -0.05) is 0 Å². The third kappa shape index (κ3) is 4.14. The number of nitrogens with zero attached hydrogens (tertiary/aromatic N) is 4. The second kappa shape index (κ2) is 7.19. The molecule has 112 valence electrons. The molecular formula is C13H16N4O4. The lowest BCUT2D eigenvalue weighted by Gasteiger charge is -2.26. The van der Waals surface area contributed by atoms with Crippen molar-refractivity contribution in [2.75, 3.05) is 18.1 Å². The second-order valence-electron chi connectivity index (χ2n) is 4.43. The quantitative estimate of drug-likeness (QED) is 0.445. The van der Waals surface area contributed by atoms with Crippen molar-refractivity contribution in [2.24, 2.45) is 0 Å². The molecule has 8 heteroatoms. The molecule has 21 heavy (non-hydrogen) atoms. The summed E-state index contributed by atoms with van der Waals surface area (Å²) in [5, 5.41) is 19.7. The van der Waals surface area contributed by atoms with Crippen LogP contribution in [0.4, 0.5) is 11.5 Å². The summed E-state index contributed by atoms with van der Waals surface area (Å²) < 4.78 is 4.88. The number of esters is 1. The van der Waals surface area contributed by atoms with E-state index in [0.717, 1.165) is 0 Å². The molecule has 1 aromatic rings. The molecule has 0 saturated carbocycles. The minimum absolute atomic E-state index is 0.0405. The zero-order chi connectivity index (χ0) is 16.0. The number of carbonyl (C=O) groups is 1. The van der Waals surface area contributed by atoms with Crippen molar-refractivity contribution in [3.8, 4) is 6.07 Å². The number of nitriles is 1. The minimum atomic E-state index is -0.666. The van der Waals surface area contributed by atoms with Gasteiger partial charge in [-0.05, 0) is 26.8 Å². The maximum Gasteiger partial charge on any atom is 0.325 e. The van der Waals surface area contributed by atoms with Crippen LogP contribution in [-0.4, -0.2) is 35.1 Å². The van der Waals surface area contributed by atoms with Crippen molar-refractivity contribution in [2.45, 2.75) is 26.8 Å². The van der Waals surface area contributed by atoms with E-state index in [2.05, 4.69) is 4.98 Å². The van der Waals surface area contributed by atoms with Crippen LogP contribution >= 0.6 is 0 Å². The number of hydrogen-bond acceptors (Lipinski definition) is 7. The third-order valence-electron chi connectivity index (χ3n) is 2.68.